The SMILES string of the molecule is COc1cc(OC)cc(C2CCN(C(=O)c3ccc4c(c3)N(C)C(=O)CC4)C2)c1. The predicted molar refractivity (Wildman–Crippen MR) is 111 cm³/mol. The number of carbonyl (C=O) groups excluding carboxylic acids is 2. The molecule has 1 unspecified atom stereocenters. The van der Waals surface area contributed by atoms with Crippen LogP contribution >= 0.6 is 0 Å². The van der Waals surface area contributed by atoms with Crippen LogP contribution in [-0.4, -0.2) is 51.1 Å². The molecular weight excluding hydrogens is 368 g/mol. The van der Waals surface area contributed by atoms with Crippen LogP contribution in [0.5, 0.6) is 11.5 Å². The second-order valence-corrected chi connectivity index (χ2v) is 7.68. The molecule has 0 saturated carbocycles. The summed E-state index contributed by atoms with van der Waals surface area (Å²) in [5, 5.41) is 0. The molecule has 1 saturated heterocycles. The van der Waals surface area contributed by atoms with Gasteiger partial charge >= 0.3 is 0 Å². The number of nitrogens with zero attached hydrogens (tertiary/aromatic N) is 2. The van der Waals surface area contributed by atoms with E-state index in [-0.39, 0.29) is 17.7 Å². The van der Waals surface area contributed by atoms with Gasteiger partial charge in [0.25, 0.3) is 5.91 Å². The Hall–Kier alpha value is -3.02. The Bertz CT molecular complexity index is 934. The highest BCUT2D eigenvalue weighted by atomic mass is 16.5. The van der Waals surface area contributed by atoms with Crippen molar-refractivity contribution in [3.8, 4) is 11.5 Å². The van der Waals surface area contributed by atoms with Crippen LogP contribution < -0.4 is 14.4 Å². The number of anilines is 1. The minimum absolute atomic E-state index is 0.0107. The summed E-state index contributed by atoms with van der Waals surface area (Å²) in [5.74, 6) is 1.86. The monoisotopic (exact) mass is 394 g/mol. The Morgan fingerprint density at radius 3 is 2.45 bits per heavy atom. The molecule has 2 heterocycles. The first-order chi connectivity index (χ1) is 14.0. The van der Waals surface area contributed by atoms with Crippen molar-refractivity contribution in [1.82, 2.24) is 4.90 Å². The smallest absolute Gasteiger partial charge is 0.253 e. The number of hydrogen-bond acceptors (Lipinski definition) is 4. The van der Waals surface area contributed by atoms with Gasteiger partial charge in [-0.3, -0.25) is 9.59 Å². The van der Waals surface area contributed by atoms with E-state index in [0.29, 0.717) is 25.1 Å². The zero-order valence-electron chi connectivity index (χ0n) is 17.1. The average Bonchev–Trinajstić information content (AvgIpc) is 3.25. The topological polar surface area (TPSA) is 59.1 Å². The molecule has 0 aromatic heterocycles. The van der Waals surface area contributed by atoms with Gasteiger partial charge in [0.2, 0.25) is 5.91 Å². The van der Waals surface area contributed by atoms with Gasteiger partial charge in [0, 0.05) is 49.8 Å². The number of hydrogen-bond donors (Lipinski definition) is 0. The molecule has 2 aliphatic rings. The molecule has 6 heteroatoms. The molecule has 152 valence electrons. The second-order valence-electron chi connectivity index (χ2n) is 7.68. The Labute approximate surface area is 171 Å². The zero-order chi connectivity index (χ0) is 20.5. The van der Waals surface area contributed by atoms with Crippen LogP contribution in [0, 0.1) is 0 Å². The van der Waals surface area contributed by atoms with Crippen LogP contribution in [0.4, 0.5) is 5.69 Å². The number of methoxy groups -OCH3 is 2. The average molecular weight is 394 g/mol. The van der Waals surface area contributed by atoms with Gasteiger partial charge in [-0.1, -0.05) is 6.07 Å². The molecule has 1 fully saturated rings. The normalized spacial score (nSPS) is 18.6. The van der Waals surface area contributed by atoms with Crippen molar-refractivity contribution < 1.29 is 19.1 Å². The lowest BCUT2D eigenvalue weighted by atomic mass is 9.97. The number of aryl methyl sites for hydroxylation is 1. The Morgan fingerprint density at radius 1 is 1.03 bits per heavy atom. The fraction of sp³-hybridized carbons (Fsp3) is 0.391. The first-order valence-electron chi connectivity index (χ1n) is 9.92. The van der Waals surface area contributed by atoms with Crippen LogP contribution in [0.2, 0.25) is 0 Å². The third-order valence-electron chi connectivity index (χ3n) is 6.00. The maximum absolute atomic E-state index is 13.1. The van der Waals surface area contributed by atoms with Crippen molar-refractivity contribution in [2.24, 2.45) is 0 Å². The minimum Gasteiger partial charge on any atom is -0.497 e. The van der Waals surface area contributed by atoms with E-state index in [1.165, 1.54) is 0 Å². The van der Waals surface area contributed by atoms with E-state index in [4.69, 9.17) is 9.47 Å². The third-order valence-corrected chi connectivity index (χ3v) is 6.00. The number of benzene rings is 2. The maximum Gasteiger partial charge on any atom is 0.253 e. The number of fused-ring (bicyclic) bond motifs is 1. The molecule has 4 rings (SSSR count). The molecule has 0 radical (unpaired) electrons. The number of rotatable bonds is 4. The molecule has 29 heavy (non-hydrogen) atoms. The van der Waals surface area contributed by atoms with E-state index in [0.717, 1.165) is 41.2 Å². The summed E-state index contributed by atoms with van der Waals surface area (Å²) in [6.45, 7) is 1.36. The van der Waals surface area contributed by atoms with Gasteiger partial charge in [-0.25, -0.2) is 0 Å². The van der Waals surface area contributed by atoms with E-state index in [1.54, 1.807) is 26.2 Å². The molecule has 1 atom stereocenters. The largest absolute Gasteiger partial charge is 0.497 e. The van der Waals surface area contributed by atoms with Crippen molar-refractivity contribution in [1.29, 1.82) is 0 Å². The molecular formula is C23H26N2O4. The summed E-state index contributed by atoms with van der Waals surface area (Å²) in [6, 6.07) is 11.6. The van der Waals surface area contributed by atoms with Crippen LogP contribution in [0.3, 0.4) is 0 Å². The van der Waals surface area contributed by atoms with Crippen molar-refractivity contribution in [2.45, 2.75) is 25.2 Å². The lowest BCUT2D eigenvalue weighted by Gasteiger charge is -2.26. The summed E-state index contributed by atoms with van der Waals surface area (Å²) in [6.07, 6.45) is 2.15. The van der Waals surface area contributed by atoms with E-state index in [2.05, 4.69) is 0 Å². The first kappa shape index (κ1) is 19.3. The van der Waals surface area contributed by atoms with E-state index in [1.807, 2.05) is 41.3 Å². The Morgan fingerprint density at radius 2 is 1.76 bits per heavy atom. The highest BCUT2D eigenvalue weighted by molar-refractivity contribution is 6.00. The molecule has 0 aliphatic carbocycles. The van der Waals surface area contributed by atoms with E-state index in [9.17, 15) is 9.59 Å². The standard InChI is InChI=1S/C23H26N2O4/c1-24-21-12-16(5-4-15(21)6-7-22(24)26)23(27)25-9-8-17(14-25)18-10-19(28-2)13-20(11-18)29-3/h4-5,10-13,17H,6-9,14H2,1-3H3. The number of amides is 2. The lowest BCUT2D eigenvalue weighted by molar-refractivity contribution is -0.118. The fourth-order valence-corrected chi connectivity index (χ4v) is 4.23. The van der Waals surface area contributed by atoms with E-state index < -0.39 is 0 Å². The quantitative estimate of drug-likeness (QED) is 0.799. The van der Waals surface area contributed by atoms with Crippen molar-refractivity contribution in [3.05, 3.63) is 53.1 Å². The molecule has 2 amide bonds. The van der Waals surface area contributed by atoms with Gasteiger partial charge in [-0.15, -0.1) is 0 Å². The van der Waals surface area contributed by atoms with Crippen molar-refractivity contribution in [3.63, 3.8) is 0 Å². The fourth-order valence-electron chi connectivity index (χ4n) is 4.23. The number of likely N-dealkylation sites (tertiary alicyclic amines) is 1. The highest BCUT2D eigenvalue weighted by Crippen LogP contribution is 2.34. The van der Waals surface area contributed by atoms with Crippen LogP contribution in [0.1, 0.15) is 40.2 Å². The van der Waals surface area contributed by atoms with Gasteiger partial charge in [0.05, 0.1) is 14.2 Å². The summed E-state index contributed by atoms with van der Waals surface area (Å²) in [7, 11) is 5.05. The third kappa shape index (κ3) is 3.67. The van der Waals surface area contributed by atoms with Crippen LogP contribution in [0.15, 0.2) is 36.4 Å². The molecule has 2 aliphatic heterocycles. The van der Waals surface area contributed by atoms with Gasteiger partial charge in [-0.2, -0.15) is 0 Å². The number of ether oxygens (including phenoxy) is 2. The molecule has 0 spiro atoms. The summed E-state index contributed by atoms with van der Waals surface area (Å²) in [5.41, 5.74) is 3.72. The second kappa shape index (κ2) is 7.78. The van der Waals surface area contributed by atoms with Crippen LogP contribution in [0.25, 0.3) is 0 Å². The lowest BCUT2D eigenvalue weighted by Crippen LogP contribution is -2.32. The van der Waals surface area contributed by atoms with Crippen molar-refractivity contribution >= 4 is 17.5 Å². The molecule has 0 N–H and O–H groups in total. The van der Waals surface area contributed by atoms with Gasteiger partial charge in [-0.05, 0) is 48.2 Å². The molecule has 0 bridgehead atoms. The van der Waals surface area contributed by atoms with E-state index >= 15 is 0 Å². The Balaban J connectivity index is 1.53. The molecule has 6 nitrogen and oxygen atoms in total. The Kier molecular flexibility index (Phi) is 5.18. The number of carbonyl (C=O) groups is 2. The molecule has 2 aromatic carbocycles. The van der Waals surface area contributed by atoms with Gasteiger partial charge < -0.3 is 19.3 Å². The van der Waals surface area contributed by atoms with Crippen LogP contribution in [-0.2, 0) is 11.2 Å². The maximum atomic E-state index is 13.1. The zero-order valence-corrected chi connectivity index (χ0v) is 17.1. The first-order valence-corrected chi connectivity index (χ1v) is 9.92. The minimum atomic E-state index is 0.0107. The highest BCUT2D eigenvalue weighted by Gasteiger charge is 2.30. The summed E-state index contributed by atoms with van der Waals surface area (Å²) < 4.78 is 10.8. The van der Waals surface area contributed by atoms with Gasteiger partial charge in [0.1, 0.15) is 11.5 Å². The molecule has 2 aromatic rings. The van der Waals surface area contributed by atoms with Gasteiger partial charge in [0.15, 0.2) is 0 Å². The summed E-state index contributed by atoms with van der Waals surface area (Å²) >= 11 is 0. The summed E-state index contributed by atoms with van der Waals surface area (Å²) in [4.78, 5) is 28.7. The van der Waals surface area contributed by atoms with Crippen molar-refractivity contribution in [2.75, 3.05) is 39.3 Å². The predicted octanol–water partition coefficient (Wildman–Crippen LogP) is 3.24.